The van der Waals surface area contributed by atoms with E-state index in [1.54, 1.807) is 39.2 Å². The van der Waals surface area contributed by atoms with E-state index in [1.807, 2.05) is 0 Å². The fourth-order valence-corrected chi connectivity index (χ4v) is 10.1. The average Bonchev–Trinajstić information content (AvgIpc) is 2.93. The van der Waals surface area contributed by atoms with Gasteiger partial charge in [-0.3, -0.25) is 29.0 Å². The highest BCUT2D eigenvalue weighted by Gasteiger charge is 2.63. The molecular formula is C37H51N5O8. The lowest BCUT2D eigenvalue weighted by atomic mass is 9.58. The smallest absolute Gasteiger partial charge is 0.255 e. The van der Waals surface area contributed by atoms with Crippen molar-refractivity contribution in [3.05, 3.63) is 39.9 Å². The highest BCUT2D eigenvalue weighted by molar-refractivity contribution is 6.25. The van der Waals surface area contributed by atoms with Gasteiger partial charge in [0, 0.05) is 50.4 Å². The first-order valence-corrected chi connectivity index (χ1v) is 17.4. The highest BCUT2D eigenvalue weighted by Crippen LogP contribution is 2.54. The molecule has 2 amide bonds. The summed E-state index contributed by atoms with van der Waals surface area (Å²) in [5, 5.41) is 49.0. The number of anilines is 2. The van der Waals surface area contributed by atoms with Crippen molar-refractivity contribution in [3.8, 4) is 5.75 Å². The van der Waals surface area contributed by atoms with Crippen molar-refractivity contribution >= 4 is 34.8 Å². The number of aliphatic hydroxyl groups excluding tert-OH is 2. The zero-order chi connectivity index (χ0) is 37.0. The van der Waals surface area contributed by atoms with Crippen LogP contribution in [0.4, 0.5) is 11.4 Å². The normalized spacial score (nSPS) is 29.7. The number of nitrogens with two attached hydrogens (primary N) is 1. The van der Waals surface area contributed by atoms with Crippen LogP contribution in [-0.4, -0.2) is 113 Å². The second-order valence-electron chi connectivity index (χ2n) is 17.2. The average molecular weight is 694 g/mol. The first kappa shape index (κ1) is 35.9. The maximum absolute atomic E-state index is 14.3. The summed E-state index contributed by atoms with van der Waals surface area (Å²) < 4.78 is 0. The molecule has 50 heavy (non-hydrogen) atoms. The molecule has 1 aromatic carbocycles. The number of hydrogen-bond donors (Lipinski definition) is 6. The van der Waals surface area contributed by atoms with Gasteiger partial charge in [-0.1, -0.05) is 27.7 Å². The van der Waals surface area contributed by atoms with Gasteiger partial charge in [0.1, 0.15) is 17.1 Å². The first-order valence-electron chi connectivity index (χ1n) is 17.4. The molecule has 0 spiro atoms. The standard InChI is InChI=1S/C37H51N5O8/c1-35(2)12-19(13-36(3,4)16-35)42-14-18(15-42)34(49)39-22-11-23(40(5)6)20-9-17-10-21-27(41(7)8)30(45)26(33(38)48)32(47)37(21,50)31(46)24(17)29(44)25(20)28(22)43/h11,17-19,21,27,43,45-46,50H,9-10,12-16H2,1-8H3,(H2,38,48)(H,39,49)/t17?,21-,27-,37-/m0/s1. The minimum Gasteiger partial charge on any atom is -0.510 e. The van der Waals surface area contributed by atoms with E-state index in [2.05, 4.69) is 37.9 Å². The van der Waals surface area contributed by atoms with Crippen molar-refractivity contribution in [2.75, 3.05) is 51.5 Å². The number of nitrogens with zero attached hydrogens (tertiary/aromatic N) is 3. The monoisotopic (exact) mass is 693 g/mol. The summed E-state index contributed by atoms with van der Waals surface area (Å²) in [6.07, 6.45) is 3.41. The number of allylic oxidation sites excluding steroid dienone is 1. The molecule has 1 saturated heterocycles. The number of rotatable bonds is 6. The minimum absolute atomic E-state index is 0.00851. The van der Waals surface area contributed by atoms with Gasteiger partial charge in [-0.05, 0) is 74.6 Å². The number of carbonyl (C=O) groups is 4. The number of carbonyl (C=O) groups excluding carboxylic acids is 4. The number of phenols is 1. The molecule has 1 aliphatic heterocycles. The summed E-state index contributed by atoms with van der Waals surface area (Å²) in [6, 6.07) is 0.948. The van der Waals surface area contributed by atoms with Gasteiger partial charge in [-0.2, -0.15) is 0 Å². The van der Waals surface area contributed by atoms with E-state index >= 15 is 0 Å². The number of amides is 2. The number of fused-ring (bicyclic) bond motifs is 3. The number of likely N-dealkylation sites (tertiary alicyclic amines) is 1. The maximum Gasteiger partial charge on any atom is 0.255 e. The van der Waals surface area contributed by atoms with Crippen LogP contribution in [0.25, 0.3) is 0 Å². The van der Waals surface area contributed by atoms with Gasteiger partial charge in [0.25, 0.3) is 5.91 Å². The van der Waals surface area contributed by atoms with E-state index in [4.69, 9.17) is 5.73 Å². The molecule has 13 heteroatoms. The summed E-state index contributed by atoms with van der Waals surface area (Å²) >= 11 is 0. The molecule has 1 heterocycles. The molecule has 1 aromatic rings. The Morgan fingerprint density at radius 3 is 2.14 bits per heavy atom. The molecule has 272 valence electrons. The Bertz CT molecular complexity index is 1740. The third-order valence-electron chi connectivity index (χ3n) is 11.8. The molecule has 5 aliphatic rings. The Morgan fingerprint density at radius 2 is 1.60 bits per heavy atom. The van der Waals surface area contributed by atoms with Crippen LogP contribution >= 0.6 is 0 Å². The fraction of sp³-hybridized carbons (Fsp3) is 0.622. The molecule has 7 N–H and O–H groups in total. The SMILES string of the molecule is CN(C)c1cc(NC(=O)C2CN(C3CC(C)(C)CC(C)(C)C3)C2)c(O)c2c1CC1C[C@H]3[C@H](N(C)C)C(O)=C(C(N)=O)C(=O)[C@@]3(O)C(O)=C1C2=O. The molecule has 1 saturated carbocycles. The molecule has 0 aromatic heterocycles. The Balaban J connectivity index is 1.32. The van der Waals surface area contributed by atoms with Crippen LogP contribution in [0.5, 0.6) is 5.75 Å². The molecule has 6 rings (SSSR count). The zero-order valence-corrected chi connectivity index (χ0v) is 30.3. The number of primary amides is 1. The topological polar surface area (TPSA) is 197 Å². The molecular weight excluding hydrogens is 642 g/mol. The quantitative estimate of drug-likeness (QED) is 0.189. The second-order valence-corrected chi connectivity index (χ2v) is 17.2. The fourth-order valence-electron chi connectivity index (χ4n) is 10.1. The van der Waals surface area contributed by atoms with E-state index in [-0.39, 0.29) is 52.3 Å². The third kappa shape index (κ3) is 5.48. The number of ketones is 2. The number of nitrogens with one attached hydrogen (secondary N) is 1. The van der Waals surface area contributed by atoms with Gasteiger partial charge in [0.05, 0.1) is 23.2 Å². The summed E-state index contributed by atoms with van der Waals surface area (Å²) in [5.41, 5.74) is 2.99. The van der Waals surface area contributed by atoms with Gasteiger partial charge in [0.15, 0.2) is 17.1 Å². The van der Waals surface area contributed by atoms with E-state index in [1.165, 1.54) is 4.90 Å². The summed E-state index contributed by atoms with van der Waals surface area (Å²) in [5.74, 6) is -7.78. The Kier molecular flexibility index (Phi) is 8.47. The predicted octanol–water partition coefficient (Wildman–Crippen LogP) is 2.66. The number of aliphatic hydroxyl groups is 3. The van der Waals surface area contributed by atoms with Gasteiger partial charge in [-0.15, -0.1) is 0 Å². The third-order valence-corrected chi connectivity index (χ3v) is 11.8. The van der Waals surface area contributed by atoms with Crippen molar-refractivity contribution in [1.29, 1.82) is 0 Å². The van der Waals surface area contributed by atoms with Crippen molar-refractivity contribution < 1.29 is 39.6 Å². The highest BCUT2D eigenvalue weighted by atomic mass is 16.3. The number of benzene rings is 1. The van der Waals surface area contributed by atoms with E-state index < -0.39 is 63.8 Å². The van der Waals surface area contributed by atoms with E-state index in [9.17, 15) is 39.6 Å². The first-order chi connectivity index (χ1) is 23.1. The Labute approximate surface area is 292 Å². The summed E-state index contributed by atoms with van der Waals surface area (Å²) in [7, 11) is 6.73. The number of phenolic OH excluding ortho intramolecular Hbond substituents is 1. The van der Waals surface area contributed by atoms with Crippen LogP contribution in [0.2, 0.25) is 0 Å². The molecule has 0 radical (unpaired) electrons. The lowest BCUT2D eigenvalue weighted by molar-refractivity contribution is -0.148. The summed E-state index contributed by atoms with van der Waals surface area (Å²) in [4.78, 5) is 59.4. The van der Waals surface area contributed by atoms with Crippen LogP contribution < -0.4 is 16.0 Å². The summed E-state index contributed by atoms with van der Waals surface area (Å²) in [6.45, 7) is 10.4. The van der Waals surface area contributed by atoms with Crippen molar-refractivity contribution in [2.45, 2.75) is 77.5 Å². The number of aromatic hydroxyl groups is 1. The zero-order valence-electron chi connectivity index (χ0n) is 30.3. The van der Waals surface area contributed by atoms with Crippen molar-refractivity contribution in [1.82, 2.24) is 9.80 Å². The van der Waals surface area contributed by atoms with Crippen LogP contribution in [0, 0.1) is 28.6 Å². The number of likely N-dealkylation sites (N-methyl/N-ethyl adjacent to an activating group) is 1. The molecule has 1 unspecified atom stereocenters. The van der Waals surface area contributed by atoms with Crippen LogP contribution in [0.15, 0.2) is 28.7 Å². The molecule has 4 atom stereocenters. The van der Waals surface area contributed by atoms with E-state index in [0.717, 1.165) is 19.3 Å². The predicted molar refractivity (Wildman–Crippen MR) is 187 cm³/mol. The van der Waals surface area contributed by atoms with Crippen LogP contribution in [0.3, 0.4) is 0 Å². The van der Waals surface area contributed by atoms with Crippen molar-refractivity contribution in [3.63, 3.8) is 0 Å². The second kappa shape index (κ2) is 11.8. The number of Topliss-reactive ketones (excluding diaryl/α,β-unsaturated/α-hetero) is 2. The van der Waals surface area contributed by atoms with Crippen molar-refractivity contribution in [2.24, 2.45) is 34.3 Å². The lowest BCUT2D eigenvalue weighted by Gasteiger charge is -2.52. The van der Waals surface area contributed by atoms with Gasteiger partial charge in [-0.25, -0.2) is 0 Å². The molecule has 4 aliphatic carbocycles. The maximum atomic E-state index is 14.3. The number of hydrogen-bond acceptors (Lipinski definition) is 11. The lowest BCUT2D eigenvalue weighted by Crippen LogP contribution is -2.63. The van der Waals surface area contributed by atoms with E-state index in [0.29, 0.717) is 30.4 Å². The molecule has 2 fully saturated rings. The van der Waals surface area contributed by atoms with Crippen LogP contribution in [-0.2, 0) is 20.8 Å². The van der Waals surface area contributed by atoms with Gasteiger partial charge in [0.2, 0.25) is 11.7 Å². The Morgan fingerprint density at radius 1 is 1.00 bits per heavy atom. The van der Waals surface area contributed by atoms with Gasteiger partial charge < -0.3 is 36.4 Å². The van der Waals surface area contributed by atoms with Crippen LogP contribution in [0.1, 0.15) is 69.3 Å². The Hall–Kier alpha value is -3.94. The largest absolute Gasteiger partial charge is 0.510 e. The minimum atomic E-state index is -2.73. The molecule has 0 bridgehead atoms. The van der Waals surface area contributed by atoms with Gasteiger partial charge >= 0.3 is 0 Å². The molecule has 13 nitrogen and oxygen atoms in total.